The van der Waals surface area contributed by atoms with Crippen molar-refractivity contribution in [1.82, 2.24) is 5.32 Å². The zero-order valence-corrected chi connectivity index (χ0v) is 8.36. The Kier molecular flexibility index (Phi) is 4.13. The fraction of sp³-hybridized carbons (Fsp3) is 0.364. The van der Waals surface area contributed by atoms with Gasteiger partial charge in [-0.25, -0.2) is 0 Å². The summed E-state index contributed by atoms with van der Waals surface area (Å²) in [5, 5.41) is 3.06. The third kappa shape index (κ3) is 3.18. The maximum absolute atomic E-state index is 11.1. The molecule has 3 heteroatoms. The lowest BCUT2D eigenvalue weighted by Crippen LogP contribution is -2.42. The van der Waals surface area contributed by atoms with Crippen molar-refractivity contribution in [2.24, 2.45) is 5.73 Å². The van der Waals surface area contributed by atoms with Gasteiger partial charge in [-0.3, -0.25) is 4.79 Å². The van der Waals surface area contributed by atoms with E-state index in [4.69, 9.17) is 5.73 Å². The molecule has 0 heterocycles. The van der Waals surface area contributed by atoms with Crippen LogP contribution in [0.25, 0.3) is 0 Å². The minimum absolute atomic E-state index is 0.262. The highest BCUT2D eigenvalue weighted by Crippen LogP contribution is 2.02. The molecular weight excluding hydrogens is 176 g/mol. The Labute approximate surface area is 84.3 Å². The summed E-state index contributed by atoms with van der Waals surface area (Å²) in [6.07, 6.45) is 0.657. The highest BCUT2D eigenvalue weighted by molar-refractivity contribution is 5.80. The minimum Gasteiger partial charge on any atom is -0.368 e. The third-order valence-corrected chi connectivity index (χ3v) is 2.08. The van der Waals surface area contributed by atoms with Gasteiger partial charge in [0.2, 0.25) is 5.91 Å². The molecule has 0 bridgehead atoms. The molecule has 1 aromatic carbocycles. The molecule has 76 valence electrons. The van der Waals surface area contributed by atoms with E-state index in [9.17, 15) is 4.79 Å². The minimum atomic E-state index is -0.296. The smallest absolute Gasteiger partial charge is 0.234 e. The van der Waals surface area contributed by atoms with Crippen molar-refractivity contribution in [2.45, 2.75) is 19.4 Å². The first-order chi connectivity index (χ1) is 6.74. The van der Waals surface area contributed by atoms with Gasteiger partial charge in [0.15, 0.2) is 0 Å². The molecule has 0 aliphatic heterocycles. The number of hydrogen-bond acceptors (Lipinski definition) is 2. The van der Waals surface area contributed by atoms with Crippen LogP contribution in [0.4, 0.5) is 0 Å². The third-order valence-electron chi connectivity index (χ3n) is 2.08. The van der Waals surface area contributed by atoms with Crippen LogP contribution in [0.5, 0.6) is 0 Å². The summed E-state index contributed by atoms with van der Waals surface area (Å²) < 4.78 is 0. The number of carbonyl (C=O) groups excluding carboxylic acids is 1. The summed E-state index contributed by atoms with van der Waals surface area (Å²) in [5.74, 6) is -0.296. The summed E-state index contributed by atoms with van der Waals surface area (Å²) in [6.45, 7) is 2.71. The van der Waals surface area contributed by atoms with Crippen molar-refractivity contribution in [2.75, 3.05) is 6.54 Å². The Morgan fingerprint density at radius 3 is 2.57 bits per heavy atom. The molecule has 1 rings (SSSR count). The highest BCUT2D eigenvalue weighted by Gasteiger charge is 2.13. The number of primary amides is 1. The Bertz CT molecular complexity index is 285. The number of rotatable bonds is 5. The summed E-state index contributed by atoms with van der Waals surface area (Å²) in [4.78, 5) is 11.1. The second kappa shape index (κ2) is 5.40. The van der Waals surface area contributed by atoms with Crippen LogP contribution in [-0.4, -0.2) is 18.5 Å². The molecule has 3 nitrogen and oxygen atoms in total. The molecular formula is C11H16N2O. The van der Waals surface area contributed by atoms with Crippen LogP contribution in [0.2, 0.25) is 0 Å². The second-order valence-electron chi connectivity index (χ2n) is 3.20. The fourth-order valence-electron chi connectivity index (χ4n) is 1.37. The molecule has 0 spiro atoms. The topological polar surface area (TPSA) is 55.1 Å². The van der Waals surface area contributed by atoms with Crippen LogP contribution < -0.4 is 11.1 Å². The van der Waals surface area contributed by atoms with Gasteiger partial charge >= 0.3 is 0 Å². The Hall–Kier alpha value is -1.35. The molecule has 0 aliphatic rings. The maximum atomic E-state index is 11.1. The molecule has 3 N–H and O–H groups in total. The van der Waals surface area contributed by atoms with Crippen LogP contribution in [0.3, 0.4) is 0 Å². The number of amides is 1. The second-order valence-corrected chi connectivity index (χ2v) is 3.20. The molecule has 1 aromatic rings. The van der Waals surface area contributed by atoms with Crippen molar-refractivity contribution in [3.8, 4) is 0 Å². The van der Waals surface area contributed by atoms with Crippen molar-refractivity contribution < 1.29 is 4.79 Å². The van der Waals surface area contributed by atoms with Gasteiger partial charge in [0.1, 0.15) is 0 Å². The van der Waals surface area contributed by atoms with Gasteiger partial charge in [-0.1, -0.05) is 37.3 Å². The Balaban J connectivity index is 2.60. The summed E-state index contributed by atoms with van der Waals surface area (Å²) in [5.41, 5.74) is 6.39. The SMILES string of the molecule is CCN[C@@H](Cc1ccccc1)C(N)=O. The van der Waals surface area contributed by atoms with Gasteiger partial charge in [0, 0.05) is 0 Å². The van der Waals surface area contributed by atoms with E-state index in [0.717, 1.165) is 12.1 Å². The number of nitrogens with one attached hydrogen (secondary N) is 1. The molecule has 0 aliphatic carbocycles. The van der Waals surface area contributed by atoms with Gasteiger partial charge < -0.3 is 11.1 Å². The molecule has 14 heavy (non-hydrogen) atoms. The van der Waals surface area contributed by atoms with E-state index in [1.165, 1.54) is 0 Å². The van der Waals surface area contributed by atoms with Gasteiger partial charge in [0.05, 0.1) is 6.04 Å². The molecule has 0 unspecified atom stereocenters. The van der Waals surface area contributed by atoms with Crippen LogP contribution in [0.1, 0.15) is 12.5 Å². The molecule has 0 aromatic heterocycles. The highest BCUT2D eigenvalue weighted by atomic mass is 16.1. The zero-order chi connectivity index (χ0) is 10.4. The van der Waals surface area contributed by atoms with E-state index >= 15 is 0 Å². The van der Waals surface area contributed by atoms with Crippen LogP contribution in [0, 0.1) is 0 Å². The zero-order valence-electron chi connectivity index (χ0n) is 8.36. The van der Waals surface area contributed by atoms with Crippen molar-refractivity contribution in [1.29, 1.82) is 0 Å². The Morgan fingerprint density at radius 1 is 1.43 bits per heavy atom. The van der Waals surface area contributed by atoms with Gasteiger partial charge in [-0.15, -0.1) is 0 Å². The summed E-state index contributed by atoms with van der Waals surface area (Å²) in [7, 11) is 0. The monoisotopic (exact) mass is 192 g/mol. The maximum Gasteiger partial charge on any atom is 0.234 e. The predicted octanol–water partition coefficient (Wildman–Crippen LogP) is 0.693. The number of nitrogens with two attached hydrogens (primary N) is 1. The molecule has 1 amide bonds. The van der Waals surface area contributed by atoms with Crippen molar-refractivity contribution in [3.63, 3.8) is 0 Å². The van der Waals surface area contributed by atoms with Gasteiger partial charge in [0.25, 0.3) is 0 Å². The number of benzene rings is 1. The Morgan fingerprint density at radius 2 is 2.07 bits per heavy atom. The molecule has 0 saturated heterocycles. The molecule has 1 atom stereocenters. The van der Waals surface area contributed by atoms with E-state index in [2.05, 4.69) is 5.32 Å². The largest absolute Gasteiger partial charge is 0.368 e. The summed E-state index contributed by atoms with van der Waals surface area (Å²) in [6, 6.07) is 9.59. The lowest BCUT2D eigenvalue weighted by molar-refractivity contribution is -0.120. The van der Waals surface area contributed by atoms with E-state index in [1.54, 1.807) is 0 Å². The van der Waals surface area contributed by atoms with Gasteiger partial charge in [-0.05, 0) is 18.5 Å². The van der Waals surface area contributed by atoms with E-state index in [-0.39, 0.29) is 11.9 Å². The number of hydrogen-bond donors (Lipinski definition) is 2. The fourth-order valence-corrected chi connectivity index (χ4v) is 1.37. The van der Waals surface area contributed by atoms with Crippen molar-refractivity contribution >= 4 is 5.91 Å². The van der Waals surface area contributed by atoms with Gasteiger partial charge in [-0.2, -0.15) is 0 Å². The summed E-state index contributed by atoms with van der Waals surface area (Å²) >= 11 is 0. The first-order valence-corrected chi connectivity index (χ1v) is 4.80. The van der Waals surface area contributed by atoms with Crippen LogP contribution in [0.15, 0.2) is 30.3 Å². The lowest BCUT2D eigenvalue weighted by Gasteiger charge is -2.13. The lowest BCUT2D eigenvalue weighted by atomic mass is 10.1. The average molecular weight is 192 g/mol. The predicted molar refractivity (Wildman–Crippen MR) is 56.8 cm³/mol. The average Bonchev–Trinajstić information content (AvgIpc) is 2.18. The van der Waals surface area contributed by atoms with E-state index in [1.807, 2.05) is 37.3 Å². The first kappa shape index (κ1) is 10.7. The van der Waals surface area contributed by atoms with Crippen LogP contribution >= 0.6 is 0 Å². The first-order valence-electron chi connectivity index (χ1n) is 4.80. The normalized spacial score (nSPS) is 12.4. The standard InChI is InChI=1S/C11H16N2O/c1-2-13-10(11(12)14)8-9-6-4-3-5-7-9/h3-7,10,13H,2,8H2,1H3,(H2,12,14)/t10-/m0/s1. The molecule has 0 saturated carbocycles. The quantitative estimate of drug-likeness (QED) is 0.721. The molecule has 0 radical (unpaired) electrons. The van der Waals surface area contributed by atoms with E-state index < -0.39 is 0 Å². The number of likely N-dealkylation sites (N-methyl/N-ethyl adjacent to an activating group) is 1. The van der Waals surface area contributed by atoms with E-state index in [0.29, 0.717) is 6.42 Å². The van der Waals surface area contributed by atoms with Crippen molar-refractivity contribution in [3.05, 3.63) is 35.9 Å². The molecule has 0 fully saturated rings. The van der Waals surface area contributed by atoms with Crippen LogP contribution in [-0.2, 0) is 11.2 Å². The number of carbonyl (C=O) groups is 1.